The average molecular weight is 461 g/mol. The van der Waals surface area contributed by atoms with Crippen LogP contribution in [0.4, 0.5) is 10.1 Å². The first kappa shape index (κ1) is 21.5. The van der Waals surface area contributed by atoms with Crippen molar-refractivity contribution in [3.8, 4) is 0 Å². The number of amides is 1. The van der Waals surface area contributed by atoms with Gasteiger partial charge in [-0.05, 0) is 62.1 Å². The molecule has 0 radical (unpaired) electrons. The Morgan fingerprint density at radius 3 is 2.77 bits per heavy atom. The highest BCUT2D eigenvalue weighted by Gasteiger charge is 2.39. The van der Waals surface area contributed by atoms with Crippen molar-refractivity contribution < 1.29 is 17.6 Å². The molecule has 1 amide bonds. The summed E-state index contributed by atoms with van der Waals surface area (Å²) in [6.07, 6.45) is 1.30. The van der Waals surface area contributed by atoms with Gasteiger partial charge in [-0.25, -0.2) is 12.8 Å². The Kier molecular flexibility index (Phi) is 5.87. The van der Waals surface area contributed by atoms with Crippen molar-refractivity contribution in [2.45, 2.75) is 37.6 Å². The van der Waals surface area contributed by atoms with Gasteiger partial charge in [0.2, 0.25) is 15.0 Å². The standard InChI is InChI=1S/C21H21FN4O3S2/c1-13-8-9-14(2)18(11-13)31(28,29)26-10-4-7-17(26)20-24-25-21(30-20)19(27)23-16-6-3-5-15(22)12-16/h3,5-6,8-9,11-12,17H,4,7,10H2,1-2H3,(H,23,27). The molecule has 3 aromatic rings. The third kappa shape index (κ3) is 4.36. The second kappa shape index (κ2) is 8.45. The number of aryl methyl sites for hydroxylation is 2. The highest BCUT2D eigenvalue weighted by atomic mass is 32.2. The van der Waals surface area contributed by atoms with Crippen molar-refractivity contribution in [1.82, 2.24) is 14.5 Å². The Hall–Kier alpha value is -2.69. The smallest absolute Gasteiger partial charge is 0.286 e. The Labute approximate surface area is 184 Å². The van der Waals surface area contributed by atoms with E-state index in [1.165, 1.54) is 22.5 Å². The fraction of sp³-hybridized carbons (Fsp3) is 0.286. The van der Waals surface area contributed by atoms with E-state index in [1.54, 1.807) is 25.1 Å². The van der Waals surface area contributed by atoms with Crippen LogP contribution in [0.2, 0.25) is 0 Å². The van der Waals surface area contributed by atoms with Crippen molar-refractivity contribution in [2.24, 2.45) is 0 Å². The molecule has 1 saturated heterocycles. The van der Waals surface area contributed by atoms with Gasteiger partial charge in [0.25, 0.3) is 5.91 Å². The summed E-state index contributed by atoms with van der Waals surface area (Å²) in [5.74, 6) is -0.981. The van der Waals surface area contributed by atoms with Gasteiger partial charge in [0.1, 0.15) is 10.8 Å². The van der Waals surface area contributed by atoms with Crippen LogP contribution in [0.1, 0.15) is 44.8 Å². The van der Waals surface area contributed by atoms with Gasteiger partial charge in [0, 0.05) is 12.2 Å². The summed E-state index contributed by atoms with van der Waals surface area (Å²) in [6.45, 7) is 4.01. The van der Waals surface area contributed by atoms with Crippen molar-refractivity contribution in [3.63, 3.8) is 0 Å². The highest BCUT2D eigenvalue weighted by molar-refractivity contribution is 7.89. The predicted octanol–water partition coefficient (Wildman–Crippen LogP) is 4.07. The van der Waals surface area contributed by atoms with E-state index in [2.05, 4.69) is 15.5 Å². The number of hydrogen-bond donors (Lipinski definition) is 1. The summed E-state index contributed by atoms with van der Waals surface area (Å²) in [5, 5.41) is 11.2. The molecule has 0 aliphatic carbocycles. The lowest BCUT2D eigenvalue weighted by molar-refractivity contribution is 0.102. The van der Waals surface area contributed by atoms with E-state index in [0.29, 0.717) is 35.6 Å². The van der Waals surface area contributed by atoms with Gasteiger partial charge < -0.3 is 5.32 Å². The van der Waals surface area contributed by atoms with Crippen LogP contribution in [-0.2, 0) is 10.0 Å². The first-order chi connectivity index (χ1) is 14.8. The van der Waals surface area contributed by atoms with Crippen molar-refractivity contribution in [1.29, 1.82) is 0 Å². The van der Waals surface area contributed by atoms with E-state index in [0.717, 1.165) is 16.9 Å². The molecule has 2 heterocycles. The number of sulfonamides is 1. The number of hydrogen-bond acceptors (Lipinski definition) is 6. The molecule has 10 heteroatoms. The molecular formula is C21H21FN4O3S2. The first-order valence-corrected chi connectivity index (χ1v) is 12.0. The molecule has 31 heavy (non-hydrogen) atoms. The number of carbonyl (C=O) groups excluding carboxylic acids is 1. The highest BCUT2D eigenvalue weighted by Crippen LogP contribution is 2.38. The minimum atomic E-state index is -3.72. The van der Waals surface area contributed by atoms with Crippen LogP contribution >= 0.6 is 11.3 Å². The number of rotatable bonds is 5. The van der Waals surface area contributed by atoms with Crippen LogP contribution in [0, 0.1) is 19.7 Å². The largest absolute Gasteiger partial charge is 0.320 e. The molecule has 1 aliphatic heterocycles. The molecule has 1 aromatic heterocycles. The van der Waals surface area contributed by atoms with Gasteiger partial charge in [0.15, 0.2) is 0 Å². The summed E-state index contributed by atoms with van der Waals surface area (Å²) >= 11 is 1.05. The van der Waals surface area contributed by atoms with E-state index in [4.69, 9.17) is 0 Å². The Morgan fingerprint density at radius 1 is 1.19 bits per heavy atom. The molecule has 1 aliphatic rings. The zero-order valence-corrected chi connectivity index (χ0v) is 18.6. The molecule has 162 valence electrons. The normalized spacial score (nSPS) is 17.1. The van der Waals surface area contributed by atoms with E-state index < -0.39 is 27.8 Å². The summed E-state index contributed by atoms with van der Waals surface area (Å²) < 4.78 is 41.5. The van der Waals surface area contributed by atoms with E-state index in [9.17, 15) is 17.6 Å². The molecule has 0 bridgehead atoms. The SMILES string of the molecule is Cc1ccc(C)c(S(=O)(=O)N2CCCC2c2nnc(C(=O)Nc3cccc(F)c3)s2)c1. The quantitative estimate of drug-likeness (QED) is 0.620. The Bertz CT molecular complexity index is 1240. The van der Waals surface area contributed by atoms with Crippen LogP contribution in [-0.4, -0.2) is 35.4 Å². The molecule has 2 aromatic carbocycles. The number of aromatic nitrogens is 2. The second-order valence-corrected chi connectivity index (χ2v) is 10.3. The molecule has 0 saturated carbocycles. The lowest BCUT2D eigenvalue weighted by atomic mass is 10.2. The zero-order valence-electron chi connectivity index (χ0n) is 17.0. The maximum absolute atomic E-state index is 13.4. The third-order valence-electron chi connectivity index (χ3n) is 5.14. The van der Waals surface area contributed by atoms with Crippen LogP contribution in [0.3, 0.4) is 0 Å². The predicted molar refractivity (Wildman–Crippen MR) is 116 cm³/mol. The van der Waals surface area contributed by atoms with E-state index >= 15 is 0 Å². The van der Waals surface area contributed by atoms with Crippen molar-refractivity contribution in [3.05, 3.63) is 69.4 Å². The van der Waals surface area contributed by atoms with Crippen LogP contribution in [0.25, 0.3) is 0 Å². The fourth-order valence-electron chi connectivity index (χ4n) is 3.60. The van der Waals surface area contributed by atoms with Gasteiger partial charge in [-0.15, -0.1) is 10.2 Å². The number of nitrogens with zero attached hydrogens (tertiary/aromatic N) is 3. The fourth-order valence-corrected chi connectivity index (χ4v) is 6.52. The third-order valence-corrected chi connectivity index (χ3v) is 8.21. The van der Waals surface area contributed by atoms with Crippen LogP contribution in [0.15, 0.2) is 47.4 Å². The number of halogens is 1. The maximum Gasteiger partial charge on any atom is 0.286 e. The number of benzene rings is 2. The molecular weight excluding hydrogens is 439 g/mol. The topological polar surface area (TPSA) is 92.3 Å². The first-order valence-electron chi connectivity index (χ1n) is 9.75. The summed E-state index contributed by atoms with van der Waals surface area (Å²) in [4.78, 5) is 12.8. The van der Waals surface area contributed by atoms with E-state index in [-0.39, 0.29) is 9.90 Å². The van der Waals surface area contributed by atoms with Gasteiger partial charge in [-0.2, -0.15) is 4.31 Å². The maximum atomic E-state index is 13.4. The Balaban J connectivity index is 1.58. The minimum Gasteiger partial charge on any atom is -0.320 e. The molecule has 0 spiro atoms. The monoisotopic (exact) mass is 460 g/mol. The second-order valence-electron chi connectivity index (χ2n) is 7.45. The number of nitrogens with one attached hydrogen (secondary N) is 1. The van der Waals surface area contributed by atoms with E-state index in [1.807, 2.05) is 13.0 Å². The zero-order chi connectivity index (χ0) is 22.2. The van der Waals surface area contributed by atoms with Crippen LogP contribution < -0.4 is 5.32 Å². The molecule has 4 rings (SSSR count). The molecule has 7 nitrogen and oxygen atoms in total. The van der Waals surface area contributed by atoms with Gasteiger partial charge >= 0.3 is 0 Å². The summed E-state index contributed by atoms with van der Waals surface area (Å²) in [6, 6.07) is 10.4. The average Bonchev–Trinajstić information content (AvgIpc) is 3.39. The summed E-state index contributed by atoms with van der Waals surface area (Å²) in [5.41, 5.74) is 1.86. The molecule has 1 N–H and O–H groups in total. The lowest BCUT2D eigenvalue weighted by Gasteiger charge is -2.23. The molecule has 1 atom stereocenters. The molecule has 1 unspecified atom stereocenters. The van der Waals surface area contributed by atoms with Gasteiger partial charge in [-0.1, -0.05) is 29.5 Å². The van der Waals surface area contributed by atoms with Gasteiger partial charge in [0.05, 0.1) is 10.9 Å². The number of anilines is 1. The van der Waals surface area contributed by atoms with Crippen molar-refractivity contribution >= 4 is 33.0 Å². The molecule has 1 fully saturated rings. The number of carbonyl (C=O) groups is 1. The summed E-state index contributed by atoms with van der Waals surface area (Å²) in [7, 11) is -3.72. The van der Waals surface area contributed by atoms with Gasteiger partial charge in [-0.3, -0.25) is 4.79 Å². The van der Waals surface area contributed by atoms with Crippen molar-refractivity contribution in [2.75, 3.05) is 11.9 Å². The Morgan fingerprint density at radius 2 is 2.00 bits per heavy atom. The lowest BCUT2D eigenvalue weighted by Crippen LogP contribution is -2.31. The minimum absolute atomic E-state index is 0.0928. The van der Waals surface area contributed by atoms with Crippen LogP contribution in [0.5, 0.6) is 0 Å².